The van der Waals surface area contributed by atoms with Crippen molar-refractivity contribution in [3.63, 3.8) is 0 Å². The number of nitrogens with one attached hydrogen (secondary N) is 1. The summed E-state index contributed by atoms with van der Waals surface area (Å²) in [4.78, 5) is 41.2. The van der Waals surface area contributed by atoms with Crippen LogP contribution >= 0.6 is 0 Å². The van der Waals surface area contributed by atoms with Gasteiger partial charge in [-0.1, -0.05) is 35.9 Å². The minimum atomic E-state index is -0.577. The van der Waals surface area contributed by atoms with Crippen molar-refractivity contribution in [2.24, 2.45) is 0 Å². The lowest BCUT2D eigenvalue weighted by molar-refractivity contribution is -0.145. The number of aryl methyl sites for hydroxylation is 1. The second-order valence-electron chi connectivity index (χ2n) is 9.59. The molecule has 0 radical (unpaired) electrons. The number of piperazine rings is 1. The normalized spacial score (nSPS) is 20.2. The molecular weight excluding hydrogens is 449 g/mol. The molecule has 2 heterocycles. The summed E-state index contributed by atoms with van der Waals surface area (Å²) >= 11 is 0. The first kappa shape index (κ1) is 24.7. The van der Waals surface area contributed by atoms with Crippen LogP contribution in [0.1, 0.15) is 42.4 Å². The van der Waals surface area contributed by atoms with E-state index in [-0.39, 0.29) is 36.4 Å². The molecule has 1 N–H and O–H groups in total. The Balaban J connectivity index is 1.35. The molecular formula is C27H32FN3O4. The van der Waals surface area contributed by atoms with Gasteiger partial charge in [0.25, 0.3) is 0 Å². The van der Waals surface area contributed by atoms with Gasteiger partial charge in [0.1, 0.15) is 0 Å². The van der Waals surface area contributed by atoms with Crippen molar-refractivity contribution < 1.29 is 23.5 Å². The van der Waals surface area contributed by atoms with Gasteiger partial charge in [-0.25, -0.2) is 4.39 Å². The topological polar surface area (TPSA) is 79.0 Å². The number of nitrogens with zero attached hydrogens (tertiary/aromatic N) is 2. The van der Waals surface area contributed by atoms with Crippen molar-refractivity contribution in [3.8, 4) is 5.75 Å². The Morgan fingerprint density at radius 1 is 1.11 bits per heavy atom. The fourth-order valence-electron chi connectivity index (χ4n) is 4.89. The van der Waals surface area contributed by atoms with E-state index in [0.29, 0.717) is 45.3 Å². The molecule has 4 rings (SSSR count). The zero-order valence-electron chi connectivity index (χ0n) is 20.3. The molecule has 0 saturated carbocycles. The summed E-state index contributed by atoms with van der Waals surface area (Å²) in [6, 6.07) is 12.8. The van der Waals surface area contributed by atoms with Crippen LogP contribution in [0.25, 0.3) is 0 Å². The zero-order chi connectivity index (χ0) is 25.0. The van der Waals surface area contributed by atoms with Crippen molar-refractivity contribution in [1.82, 2.24) is 15.1 Å². The first-order valence-electron chi connectivity index (χ1n) is 12.0. The first-order chi connectivity index (χ1) is 16.8. The van der Waals surface area contributed by atoms with Crippen LogP contribution in [0.5, 0.6) is 5.75 Å². The fourth-order valence-corrected chi connectivity index (χ4v) is 4.89. The van der Waals surface area contributed by atoms with Crippen molar-refractivity contribution in [2.75, 3.05) is 26.7 Å². The Morgan fingerprint density at radius 3 is 2.51 bits per heavy atom. The molecule has 0 unspecified atom stereocenters. The molecule has 0 aliphatic carbocycles. The van der Waals surface area contributed by atoms with Crippen molar-refractivity contribution >= 4 is 17.7 Å². The number of benzene rings is 2. The van der Waals surface area contributed by atoms with Gasteiger partial charge in [-0.3, -0.25) is 14.4 Å². The molecule has 35 heavy (non-hydrogen) atoms. The highest BCUT2D eigenvalue weighted by molar-refractivity contribution is 5.86. The molecule has 0 bridgehead atoms. The van der Waals surface area contributed by atoms with Gasteiger partial charge in [-0.15, -0.1) is 0 Å². The number of halogens is 1. The Labute approximate surface area is 205 Å². The van der Waals surface area contributed by atoms with Crippen LogP contribution in [0.15, 0.2) is 42.5 Å². The number of hydrogen-bond acceptors (Lipinski definition) is 4. The highest BCUT2D eigenvalue weighted by atomic mass is 19.1. The number of amides is 3. The highest BCUT2D eigenvalue weighted by Crippen LogP contribution is 2.31. The van der Waals surface area contributed by atoms with Gasteiger partial charge in [0.2, 0.25) is 17.7 Å². The third kappa shape index (κ3) is 5.99. The van der Waals surface area contributed by atoms with Crippen molar-refractivity contribution in [2.45, 2.75) is 51.1 Å². The molecule has 2 aromatic rings. The van der Waals surface area contributed by atoms with E-state index in [1.165, 1.54) is 18.7 Å². The molecule has 2 aromatic carbocycles. The van der Waals surface area contributed by atoms with Gasteiger partial charge in [-0.05, 0) is 49.4 Å². The van der Waals surface area contributed by atoms with Crippen LogP contribution in [0.3, 0.4) is 0 Å². The predicted octanol–water partition coefficient (Wildman–Crippen LogP) is 2.99. The van der Waals surface area contributed by atoms with E-state index in [0.717, 1.165) is 11.1 Å². The molecule has 1 atom stereocenters. The maximum Gasteiger partial charge on any atom is 0.242 e. The SMILES string of the molecule is COc1cc(C[C@]2(CCC(=O)N3CCN(Cc4ccc(C)cc4)C(=O)C3)CCC(=O)N2)ccc1F. The van der Waals surface area contributed by atoms with Crippen molar-refractivity contribution in [1.29, 1.82) is 0 Å². The lowest BCUT2D eigenvalue weighted by Gasteiger charge is -2.35. The van der Waals surface area contributed by atoms with Gasteiger partial charge in [-0.2, -0.15) is 0 Å². The van der Waals surface area contributed by atoms with Gasteiger partial charge >= 0.3 is 0 Å². The molecule has 8 heteroatoms. The van der Waals surface area contributed by atoms with Crippen LogP contribution < -0.4 is 10.1 Å². The standard InChI is InChI=1S/C27H32FN3O4/c1-19-3-5-20(6-4-19)17-30-13-14-31(18-26(30)34)25(33)10-12-27(11-9-24(32)29-27)16-21-7-8-22(28)23(15-21)35-2/h3-8,15H,9-14,16-18H2,1-2H3,(H,29,32)/t27-/m1/s1. The minimum Gasteiger partial charge on any atom is -0.494 e. The maximum atomic E-state index is 13.8. The Morgan fingerprint density at radius 2 is 1.86 bits per heavy atom. The number of rotatable bonds is 8. The van der Waals surface area contributed by atoms with Crippen LogP contribution in [0.4, 0.5) is 4.39 Å². The Bertz CT molecular complexity index is 1100. The first-order valence-corrected chi connectivity index (χ1v) is 12.0. The lowest BCUT2D eigenvalue weighted by Crippen LogP contribution is -2.52. The summed E-state index contributed by atoms with van der Waals surface area (Å²) in [7, 11) is 1.41. The van der Waals surface area contributed by atoms with Crippen molar-refractivity contribution in [3.05, 3.63) is 65.0 Å². The Kier molecular flexibility index (Phi) is 7.38. The number of methoxy groups -OCH3 is 1. The predicted molar refractivity (Wildman–Crippen MR) is 129 cm³/mol. The van der Waals surface area contributed by atoms with Gasteiger partial charge in [0.15, 0.2) is 11.6 Å². The van der Waals surface area contributed by atoms with E-state index in [1.807, 2.05) is 31.2 Å². The molecule has 186 valence electrons. The van der Waals surface area contributed by atoms with E-state index in [1.54, 1.807) is 21.9 Å². The molecule has 2 saturated heterocycles. The van der Waals surface area contributed by atoms with Crippen LogP contribution in [-0.2, 0) is 27.3 Å². The summed E-state index contributed by atoms with van der Waals surface area (Å²) in [6.07, 6.45) is 2.15. The van der Waals surface area contributed by atoms with Gasteiger partial charge in [0.05, 0.1) is 13.7 Å². The van der Waals surface area contributed by atoms with Crippen LogP contribution in [0.2, 0.25) is 0 Å². The molecule has 0 aromatic heterocycles. The quantitative estimate of drug-likeness (QED) is 0.629. The third-order valence-electron chi connectivity index (χ3n) is 6.98. The number of carbonyl (C=O) groups is 3. The van der Waals surface area contributed by atoms with Crippen LogP contribution in [0, 0.1) is 12.7 Å². The fraction of sp³-hybridized carbons (Fsp3) is 0.444. The zero-order valence-corrected chi connectivity index (χ0v) is 20.3. The summed E-state index contributed by atoms with van der Waals surface area (Å²) in [5, 5.41) is 3.05. The average Bonchev–Trinajstić information content (AvgIpc) is 3.21. The number of hydrogen-bond donors (Lipinski definition) is 1. The third-order valence-corrected chi connectivity index (χ3v) is 6.98. The second kappa shape index (κ2) is 10.5. The van der Waals surface area contributed by atoms with E-state index in [2.05, 4.69) is 5.32 Å². The second-order valence-corrected chi connectivity index (χ2v) is 9.59. The summed E-state index contributed by atoms with van der Waals surface area (Å²) in [6.45, 7) is 3.62. The molecule has 2 aliphatic heterocycles. The van der Waals surface area contributed by atoms with E-state index in [4.69, 9.17) is 4.74 Å². The monoisotopic (exact) mass is 481 g/mol. The van der Waals surface area contributed by atoms with Gasteiger partial charge < -0.3 is 19.9 Å². The maximum absolute atomic E-state index is 13.8. The Hall–Kier alpha value is -3.42. The molecule has 2 fully saturated rings. The highest BCUT2D eigenvalue weighted by Gasteiger charge is 2.39. The van der Waals surface area contributed by atoms with E-state index in [9.17, 15) is 18.8 Å². The summed E-state index contributed by atoms with van der Waals surface area (Å²) in [5.74, 6) is -0.494. The van der Waals surface area contributed by atoms with Gasteiger partial charge in [0, 0.05) is 38.0 Å². The number of carbonyl (C=O) groups excluding carboxylic acids is 3. The van der Waals surface area contributed by atoms with E-state index >= 15 is 0 Å². The molecule has 0 spiro atoms. The lowest BCUT2D eigenvalue weighted by atomic mass is 9.84. The molecule has 3 amide bonds. The summed E-state index contributed by atoms with van der Waals surface area (Å²) < 4.78 is 18.9. The minimum absolute atomic E-state index is 0.0496. The molecule has 2 aliphatic rings. The average molecular weight is 482 g/mol. The number of ether oxygens (including phenoxy) is 1. The summed E-state index contributed by atoms with van der Waals surface area (Å²) in [5.41, 5.74) is 2.50. The smallest absolute Gasteiger partial charge is 0.242 e. The van der Waals surface area contributed by atoms with Crippen LogP contribution in [-0.4, -0.2) is 59.8 Å². The largest absolute Gasteiger partial charge is 0.494 e. The van der Waals surface area contributed by atoms with E-state index < -0.39 is 11.4 Å². The molecule has 7 nitrogen and oxygen atoms in total.